The van der Waals surface area contributed by atoms with Crippen molar-refractivity contribution in [2.24, 2.45) is 0 Å². The lowest BCUT2D eigenvalue weighted by Gasteiger charge is -2.09. The second-order valence-electron chi connectivity index (χ2n) is 5.16. The highest BCUT2D eigenvalue weighted by Crippen LogP contribution is 2.27. The van der Waals surface area contributed by atoms with Gasteiger partial charge in [0.1, 0.15) is 5.82 Å². The van der Waals surface area contributed by atoms with Crippen LogP contribution in [-0.4, -0.2) is 21.3 Å². The number of fused-ring (bicyclic) bond motifs is 1. The average Bonchev–Trinajstić information content (AvgIpc) is 2.83. The van der Waals surface area contributed by atoms with E-state index in [4.69, 9.17) is 21.7 Å². The van der Waals surface area contributed by atoms with E-state index in [2.05, 4.69) is 35.8 Å². The fourth-order valence-corrected chi connectivity index (χ4v) is 2.64. The molecule has 0 spiro atoms. The van der Waals surface area contributed by atoms with E-state index in [1.165, 1.54) is 5.56 Å². The lowest BCUT2D eigenvalue weighted by atomic mass is 10.1. The van der Waals surface area contributed by atoms with E-state index in [-0.39, 0.29) is 6.61 Å². The number of aromatic nitrogens is 2. The molecule has 0 radical (unpaired) electrons. The molecule has 0 saturated carbocycles. The first-order chi connectivity index (χ1) is 10.2. The zero-order valence-corrected chi connectivity index (χ0v) is 12.6. The summed E-state index contributed by atoms with van der Waals surface area (Å²) in [5.41, 5.74) is 4.23. The first kappa shape index (κ1) is 14.1. The van der Waals surface area contributed by atoms with Gasteiger partial charge >= 0.3 is 0 Å². The highest BCUT2D eigenvalue weighted by molar-refractivity contribution is 6.31. The summed E-state index contributed by atoms with van der Waals surface area (Å²) >= 11 is 6.11. The molecule has 3 aromatic rings. The highest BCUT2D eigenvalue weighted by Gasteiger charge is 2.12. The summed E-state index contributed by atoms with van der Waals surface area (Å²) in [4.78, 5) is 4.73. The molecule has 0 aliphatic carbocycles. The second-order valence-corrected chi connectivity index (χ2v) is 5.60. The molecule has 0 aliphatic heterocycles. The summed E-state index contributed by atoms with van der Waals surface area (Å²) in [5, 5.41) is 9.83. The maximum absolute atomic E-state index is 9.13. The van der Waals surface area contributed by atoms with Crippen molar-refractivity contribution in [3.8, 4) is 11.4 Å². The molecular formula is C17H17ClN2O. The molecule has 2 aromatic carbocycles. The van der Waals surface area contributed by atoms with Crippen molar-refractivity contribution in [3.05, 3.63) is 53.1 Å². The van der Waals surface area contributed by atoms with Gasteiger partial charge in [0.15, 0.2) is 0 Å². The number of aliphatic hydroxyl groups excluding tert-OH is 1. The normalized spacial score (nSPS) is 11.2. The average molecular weight is 301 g/mol. The third-order valence-corrected chi connectivity index (χ3v) is 3.79. The van der Waals surface area contributed by atoms with Crippen LogP contribution in [0.2, 0.25) is 5.02 Å². The van der Waals surface area contributed by atoms with E-state index in [1.807, 2.05) is 18.2 Å². The molecule has 1 heterocycles. The number of hydrogen-bond donors (Lipinski definition) is 1. The molecule has 0 saturated heterocycles. The zero-order valence-electron chi connectivity index (χ0n) is 11.9. The number of aryl methyl sites for hydroxylation is 2. The van der Waals surface area contributed by atoms with Crippen LogP contribution < -0.4 is 0 Å². The molecule has 0 fully saturated rings. The molecular weight excluding hydrogens is 284 g/mol. The van der Waals surface area contributed by atoms with Gasteiger partial charge in [0.25, 0.3) is 0 Å². The van der Waals surface area contributed by atoms with Crippen molar-refractivity contribution in [1.29, 1.82) is 0 Å². The molecule has 0 unspecified atom stereocenters. The van der Waals surface area contributed by atoms with E-state index in [0.29, 0.717) is 11.4 Å². The summed E-state index contributed by atoms with van der Waals surface area (Å²) in [7, 11) is 0. The van der Waals surface area contributed by atoms with Crippen LogP contribution in [0.3, 0.4) is 0 Å². The molecule has 108 valence electrons. The minimum absolute atomic E-state index is 0.160. The molecule has 21 heavy (non-hydrogen) atoms. The Bertz CT molecular complexity index is 762. The second kappa shape index (κ2) is 5.88. The van der Waals surface area contributed by atoms with Gasteiger partial charge in [0.2, 0.25) is 0 Å². The monoisotopic (exact) mass is 300 g/mol. The fraction of sp³-hybridized carbons (Fsp3) is 0.235. The van der Waals surface area contributed by atoms with Crippen molar-refractivity contribution >= 4 is 22.6 Å². The first-order valence-corrected chi connectivity index (χ1v) is 7.40. The number of imidazole rings is 1. The standard InChI is InChI=1S/C17H17ClN2O/c1-12-3-5-13(6-4-12)17-19-15-8-7-14(18)11-16(15)20(17)9-2-10-21/h3-8,11,21H,2,9-10H2,1H3. The van der Waals surface area contributed by atoms with E-state index in [9.17, 15) is 0 Å². The topological polar surface area (TPSA) is 38.0 Å². The van der Waals surface area contributed by atoms with Gasteiger partial charge in [-0.2, -0.15) is 0 Å². The molecule has 3 nitrogen and oxygen atoms in total. The summed E-state index contributed by atoms with van der Waals surface area (Å²) in [6, 6.07) is 14.0. The number of benzene rings is 2. The lowest BCUT2D eigenvalue weighted by Crippen LogP contribution is -2.02. The quantitative estimate of drug-likeness (QED) is 0.789. The Morgan fingerprint density at radius 1 is 1.14 bits per heavy atom. The Labute approximate surface area is 128 Å². The lowest BCUT2D eigenvalue weighted by molar-refractivity contribution is 0.281. The van der Waals surface area contributed by atoms with Gasteiger partial charge in [-0.3, -0.25) is 0 Å². The van der Waals surface area contributed by atoms with Crippen LogP contribution in [0.5, 0.6) is 0 Å². The summed E-state index contributed by atoms with van der Waals surface area (Å²) in [6.07, 6.45) is 0.691. The maximum atomic E-state index is 9.13. The van der Waals surface area contributed by atoms with Gasteiger partial charge in [0, 0.05) is 23.7 Å². The Kier molecular flexibility index (Phi) is 3.95. The summed E-state index contributed by atoms with van der Waals surface area (Å²) < 4.78 is 2.13. The van der Waals surface area contributed by atoms with Gasteiger partial charge in [-0.05, 0) is 31.5 Å². The van der Waals surface area contributed by atoms with E-state index < -0.39 is 0 Å². The van der Waals surface area contributed by atoms with Crippen molar-refractivity contribution < 1.29 is 5.11 Å². The number of halogens is 1. The number of rotatable bonds is 4. The van der Waals surface area contributed by atoms with Gasteiger partial charge in [0.05, 0.1) is 11.0 Å². The highest BCUT2D eigenvalue weighted by atomic mass is 35.5. The Balaban J connectivity index is 2.18. The van der Waals surface area contributed by atoms with Gasteiger partial charge in [-0.15, -0.1) is 0 Å². The van der Waals surface area contributed by atoms with Crippen molar-refractivity contribution in [2.45, 2.75) is 19.9 Å². The summed E-state index contributed by atoms with van der Waals surface area (Å²) in [6.45, 7) is 2.95. The molecule has 1 N–H and O–H groups in total. The van der Waals surface area contributed by atoms with Crippen LogP contribution in [-0.2, 0) is 6.54 Å². The number of hydrogen-bond acceptors (Lipinski definition) is 2. The molecule has 0 atom stereocenters. The first-order valence-electron chi connectivity index (χ1n) is 7.03. The number of aliphatic hydroxyl groups is 1. The molecule has 3 rings (SSSR count). The van der Waals surface area contributed by atoms with Crippen molar-refractivity contribution in [1.82, 2.24) is 9.55 Å². The van der Waals surface area contributed by atoms with Gasteiger partial charge < -0.3 is 9.67 Å². The fourth-order valence-electron chi connectivity index (χ4n) is 2.47. The Hall–Kier alpha value is -1.84. The Morgan fingerprint density at radius 2 is 1.90 bits per heavy atom. The van der Waals surface area contributed by atoms with Crippen LogP contribution in [0.4, 0.5) is 0 Å². The van der Waals surface area contributed by atoms with E-state index in [1.54, 1.807) is 0 Å². The van der Waals surface area contributed by atoms with Crippen LogP contribution in [0.25, 0.3) is 22.4 Å². The van der Waals surface area contributed by atoms with Gasteiger partial charge in [-0.1, -0.05) is 41.4 Å². The smallest absolute Gasteiger partial charge is 0.141 e. The largest absolute Gasteiger partial charge is 0.396 e. The molecule has 0 amide bonds. The predicted octanol–water partition coefficient (Wildman–Crippen LogP) is 4.05. The van der Waals surface area contributed by atoms with Crippen molar-refractivity contribution in [2.75, 3.05) is 6.61 Å². The van der Waals surface area contributed by atoms with Gasteiger partial charge in [-0.25, -0.2) is 4.98 Å². The SMILES string of the molecule is Cc1ccc(-c2nc3ccc(Cl)cc3n2CCCO)cc1. The minimum Gasteiger partial charge on any atom is -0.396 e. The zero-order chi connectivity index (χ0) is 14.8. The molecule has 1 aromatic heterocycles. The molecule has 0 aliphatic rings. The van der Waals surface area contributed by atoms with Crippen LogP contribution >= 0.6 is 11.6 Å². The third kappa shape index (κ3) is 2.80. The van der Waals surface area contributed by atoms with E-state index >= 15 is 0 Å². The molecule has 4 heteroatoms. The summed E-state index contributed by atoms with van der Waals surface area (Å²) in [5.74, 6) is 0.917. The third-order valence-electron chi connectivity index (χ3n) is 3.56. The Morgan fingerprint density at radius 3 is 2.62 bits per heavy atom. The van der Waals surface area contributed by atoms with Crippen LogP contribution in [0.1, 0.15) is 12.0 Å². The van der Waals surface area contributed by atoms with Crippen LogP contribution in [0.15, 0.2) is 42.5 Å². The van der Waals surface area contributed by atoms with E-state index in [0.717, 1.165) is 29.0 Å². The van der Waals surface area contributed by atoms with Crippen LogP contribution in [0, 0.1) is 6.92 Å². The minimum atomic E-state index is 0.160. The number of nitrogens with zero attached hydrogens (tertiary/aromatic N) is 2. The van der Waals surface area contributed by atoms with Crippen molar-refractivity contribution in [3.63, 3.8) is 0 Å². The molecule has 0 bridgehead atoms. The maximum Gasteiger partial charge on any atom is 0.141 e. The predicted molar refractivity (Wildman–Crippen MR) is 86.6 cm³/mol.